The number of halogens is 1. The molecule has 1 rings (SSSR count). The molecule has 1 aromatic heterocycles. The number of nitrogens with zero attached hydrogens (tertiary/aromatic N) is 2. The van der Waals surface area contributed by atoms with Gasteiger partial charge in [-0.15, -0.1) is 0 Å². The molecule has 1 aromatic rings. The molecule has 0 aromatic carbocycles. The Bertz CT molecular complexity index is 357. The van der Waals surface area contributed by atoms with Crippen molar-refractivity contribution in [3.63, 3.8) is 0 Å². The molecule has 0 unspecified atom stereocenters. The SMILES string of the molecule is CNc1ncc(Br)c(NCC(C)(C)SC)n1. The minimum absolute atomic E-state index is 0.185. The van der Waals surface area contributed by atoms with Crippen LogP contribution in [0.2, 0.25) is 0 Å². The molecule has 0 atom stereocenters. The van der Waals surface area contributed by atoms with Crippen LogP contribution in [0, 0.1) is 0 Å². The van der Waals surface area contributed by atoms with Crippen molar-refractivity contribution >= 4 is 39.5 Å². The van der Waals surface area contributed by atoms with E-state index in [4.69, 9.17) is 0 Å². The standard InChI is InChI=1S/C10H17BrN4S/c1-10(2,16-4)6-14-8-7(11)5-13-9(12-3)15-8/h5H,6H2,1-4H3,(H2,12,13,14,15). The predicted octanol–water partition coefficient (Wildman–Crippen LogP) is 2.83. The van der Waals surface area contributed by atoms with E-state index in [1.54, 1.807) is 13.2 Å². The van der Waals surface area contributed by atoms with Crippen molar-refractivity contribution in [2.75, 3.05) is 30.5 Å². The van der Waals surface area contributed by atoms with Crippen molar-refractivity contribution in [3.8, 4) is 0 Å². The fraction of sp³-hybridized carbons (Fsp3) is 0.600. The smallest absolute Gasteiger partial charge is 0.224 e. The quantitative estimate of drug-likeness (QED) is 0.876. The van der Waals surface area contributed by atoms with Gasteiger partial charge < -0.3 is 10.6 Å². The molecule has 1 heterocycles. The third-order valence-corrected chi connectivity index (χ3v) is 4.03. The van der Waals surface area contributed by atoms with E-state index in [2.05, 4.69) is 56.6 Å². The molecule has 6 heteroatoms. The van der Waals surface area contributed by atoms with Gasteiger partial charge in [0.1, 0.15) is 5.82 Å². The maximum absolute atomic E-state index is 4.34. The summed E-state index contributed by atoms with van der Waals surface area (Å²) in [6.07, 6.45) is 3.85. The van der Waals surface area contributed by atoms with Crippen LogP contribution >= 0.6 is 27.7 Å². The van der Waals surface area contributed by atoms with Gasteiger partial charge >= 0.3 is 0 Å². The lowest BCUT2D eigenvalue weighted by atomic mass is 10.2. The number of hydrogen-bond acceptors (Lipinski definition) is 5. The first kappa shape index (κ1) is 13.6. The summed E-state index contributed by atoms with van der Waals surface area (Å²) in [5, 5.41) is 6.24. The molecule has 0 aliphatic carbocycles. The topological polar surface area (TPSA) is 49.8 Å². The molecule has 0 saturated carbocycles. The average Bonchev–Trinajstić information content (AvgIpc) is 2.28. The van der Waals surface area contributed by atoms with Gasteiger partial charge in [0.05, 0.1) is 4.47 Å². The lowest BCUT2D eigenvalue weighted by molar-refractivity contribution is 0.749. The van der Waals surface area contributed by atoms with Gasteiger partial charge in [-0.3, -0.25) is 0 Å². The lowest BCUT2D eigenvalue weighted by Crippen LogP contribution is -2.26. The second kappa shape index (κ2) is 5.72. The number of anilines is 2. The van der Waals surface area contributed by atoms with E-state index >= 15 is 0 Å². The fourth-order valence-electron chi connectivity index (χ4n) is 0.980. The summed E-state index contributed by atoms with van der Waals surface area (Å²) in [7, 11) is 1.80. The van der Waals surface area contributed by atoms with Crippen LogP contribution in [-0.4, -0.2) is 34.6 Å². The number of hydrogen-bond donors (Lipinski definition) is 2. The van der Waals surface area contributed by atoms with Crippen LogP contribution in [0.1, 0.15) is 13.8 Å². The van der Waals surface area contributed by atoms with Crippen LogP contribution in [0.25, 0.3) is 0 Å². The lowest BCUT2D eigenvalue weighted by Gasteiger charge is -2.22. The molecule has 90 valence electrons. The van der Waals surface area contributed by atoms with Crippen molar-refractivity contribution in [2.45, 2.75) is 18.6 Å². The largest absolute Gasteiger partial charge is 0.368 e. The number of aromatic nitrogens is 2. The predicted molar refractivity (Wildman–Crippen MR) is 75.4 cm³/mol. The molecule has 0 aliphatic rings. The van der Waals surface area contributed by atoms with Gasteiger partial charge in [-0.1, -0.05) is 0 Å². The Labute approximate surface area is 109 Å². The Morgan fingerprint density at radius 2 is 2.19 bits per heavy atom. The Morgan fingerprint density at radius 1 is 1.50 bits per heavy atom. The molecular formula is C10H17BrN4S. The average molecular weight is 305 g/mol. The van der Waals surface area contributed by atoms with Crippen LogP contribution in [0.4, 0.5) is 11.8 Å². The van der Waals surface area contributed by atoms with Gasteiger partial charge in [-0.25, -0.2) is 4.98 Å². The van der Waals surface area contributed by atoms with E-state index in [-0.39, 0.29) is 4.75 Å². The van der Waals surface area contributed by atoms with E-state index < -0.39 is 0 Å². The highest BCUT2D eigenvalue weighted by atomic mass is 79.9. The van der Waals surface area contributed by atoms with E-state index in [0.29, 0.717) is 5.95 Å². The highest BCUT2D eigenvalue weighted by molar-refractivity contribution is 9.10. The summed E-state index contributed by atoms with van der Waals surface area (Å²) in [5.41, 5.74) is 0. The maximum atomic E-state index is 4.34. The first-order valence-electron chi connectivity index (χ1n) is 4.98. The Hall–Kier alpha value is -0.490. The van der Waals surface area contributed by atoms with Crippen molar-refractivity contribution < 1.29 is 0 Å². The van der Waals surface area contributed by atoms with Gasteiger partial charge in [0.2, 0.25) is 5.95 Å². The van der Waals surface area contributed by atoms with Crippen LogP contribution in [-0.2, 0) is 0 Å². The van der Waals surface area contributed by atoms with Crippen molar-refractivity contribution in [1.29, 1.82) is 0 Å². The van der Waals surface area contributed by atoms with E-state index in [1.807, 2.05) is 11.8 Å². The van der Waals surface area contributed by atoms with Gasteiger partial charge in [0.15, 0.2) is 0 Å². The van der Waals surface area contributed by atoms with E-state index in [1.165, 1.54) is 0 Å². The molecule has 0 aliphatic heterocycles. The molecular weight excluding hydrogens is 288 g/mol. The van der Waals surface area contributed by atoms with Crippen molar-refractivity contribution in [1.82, 2.24) is 9.97 Å². The Balaban J connectivity index is 2.73. The summed E-state index contributed by atoms with van der Waals surface area (Å²) >= 11 is 5.25. The first-order chi connectivity index (χ1) is 7.48. The molecule has 4 nitrogen and oxygen atoms in total. The zero-order valence-corrected chi connectivity index (χ0v) is 12.4. The second-order valence-electron chi connectivity index (χ2n) is 3.96. The summed E-state index contributed by atoms with van der Waals surface area (Å²) in [5.74, 6) is 1.44. The molecule has 0 saturated heterocycles. The summed E-state index contributed by atoms with van der Waals surface area (Å²) in [6.45, 7) is 5.24. The molecule has 16 heavy (non-hydrogen) atoms. The van der Waals surface area contributed by atoms with Crippen molar-refractivity contribution in [2.24, 2.45) is 0 Å². The third kappa shape index (κ3) is 3.83. The fourth-order valence-corrected chi connectivity index (χ4v) is 1.53. The van der Waals surface area contributed by atoms with Crippen LogP contribution in [0.15, 0.2) is 10.7 Å². The number of nitrogens with one attached hydrogen (secondary N) is 2. The monoisotopic (exact) mass is 304 g/mol. The summed E-state index contributed by atoms with van der Waals surface area (Å²) in [6, 6.07) is 0. The summed E-state index contributed by atoms with van der Waals surface area (Å²) in [4.78, 5) is 8.45. The zero-order valence-electron chi connectivity index (χ0n) is 9.97. The zero-order chi connectivity index (χ0) is 12.2. The number of thioether (sulfide) groups is 1. The molecule has 0 fully saturated rings. The van der Waals surface area contributed by atoms with Gasteiger partial charge in [-0.2, -0.15) is 16.7 Å². The normalized spacial score (nSPS) is 11.3. The second-order valence-corrected chi connectivity index (χ2v) is 6.33. The Kier molecular flexibility index (Phi) is 4.86. The molecule has 0 amide bonds. The van der Waals surface area contributed by atoms with Crippen LogP contribution in [0.3, 0.4) is 0 Å². The van der Waals surface area contributed by atoms with Crippen LogP contribution < -0.4 is 10.6 Å². The number of rotatable bonds is 5. The van der Waals surface area contributed by atoms with Gasteiger partial charge in [0.25, 0.3) is 0 Å². The minimum atomic E-state index is 0.185. The van der Waals surface area contributed by atoms with E-state index in [0.717, 1.165) is 16.8 Å². The molecule has 0 spiro atoms. The van der Waals surface area contributed by atoms with Crippen LogP contribution in [0.5, 0.6) is 0 Å². The van der Waals surface area contributed by atoms with Gasteiger partial charge in [-0.05, 0) is 36.0 Å². The Morgan fingerprint density at radius 3 is 2.75 bits per heavy atom. The first-order valence-corrected chi connectivity index (χ1v) is 6.99. The molecule has 2 N–H and O–H groups in total. The molecule has 0 radical (unpaired) electrons. The minimum Gasteiger partial charge on any atom is -0.368 e. The highest BCUT2D eigenvalue weighted by Crippen LogP contribution is 2.24. The molecule has 0 bridgehead atoms. The maximum Gasteiger partial charge on any atom is 0.224 e. The van der Waals surface area contributed by atoms with E-state index in [9.17, 15) is 0 Å². The van der Waals surface area contributed by atoms with Gasteiger partial charge in [0, 0.05) is 24.5 Å². The third-order valence-electron chi connectivity index (χ3n) is 2.20. The summed E-state index contributed by atoms with van der Waals surface area (Å²) < 4.78 is 1.06. The highest BCUT2D eigenvalue weighted by Gasteiger charge is 2.16. The van der Waals surface area contributed by atoms with Crippen molar-refractivity contribution in [3.05, 3.63) is 10.7 Å².